The fourth-order valence-electron chi connectivity index (χ4n) is 2.48. The molecule has 0 bridgehead atoms. The van der Waals surface area contributed by atoms with Crippen molar-refractivity contribution in [2.45, 2.75) is 31.8 Å². The fourth-order valence-corrected chi connectivity index (χ4v) is 4.26. The minimum Gasteiger partial charge on any atom is -0.392 e. The monoisotopic (exact) mass is 301 g/mol. The lowest BCUT2D eigenvalue weighted by atomic mass is 9.90. The van der Waals surface area contributed by atoms with Crippen molar-refractivity contribution < 1.29 is 17.9 Å². The van der Waals surface area contributed by atoms with Crippen LogP contribution in [0.1, 0.15) is 25.8 Å². The van der Waals surface area contributed by atoms with E-state index < -0.39 is 22.4 Å². The second-order valence-corrected chi connectivity index (χ2v) is 7.42. The predicted molar refractivity (Wildman–Crippen MR) is 74.0 cm³/mol. The van der Waals surface area contributed by atoms with Gasteiger partial charge in [-0.05, 0) is 36.0 Å². The van der Waals surface area contributed by atoms with Crippen LogP contribution in [0.15, 0.2) is 23.1 Å². The average molecular weight is 301 g/mol. The molecule has 1 fully saturated rings. The van der Waals surface area contributed by atoms with Gasteiger partial charge in [0.25, 0.3) is 0 Å². The summed E-state index contributed by atoms with van der Waals surface area (Å²) in [6.45, 7) is 4.58. The molecule has 1 aliphatic rings. The first kappa shape index (κ1) is 15.4. The van der Waals surface area contributed by atoms with Crippen LogP contribution in [0.2, 0.25) is 0 Å². The zero-order valence-electron chi connectivity index (χ0n) is 11.7. The van der Waals surface area contributed by atoms with Crippen molar-refractivity contribution in [2.24, 2.45) is 11.8 Å². The van der Waals surface area contributed by atoms with Crippen LogP contribution in [-0.4, -0.2) is 30.9 Å². The molecule has 0 aromatic heterocycles. The highest BCUT2D eigenvalue weighted by Gasteiger charge is 2.33. The van der Waals surface area contributed by atoms with Crippen molar-refractivity contribution in [3.05, 3.63) is 29.6 Å². The minimum atomic E-state index is -3.75. The molecule has 1 aromatic carbocycles. The Morgan fingerprint density at radius 3 is 2.65 bits per heavy atom. The van der Waals surface area contributed by atoms with Crippen LogP contribution in [0.4, 0.5) is 4.39 Å². The Morgan fingerprint density at radius 2 is 2.05 bits per heavy atom. The number of halogens is 1. The third kappa shape index (κ3) is 2.87. The largest absolute Gasteiger partial charge is 0.392 e. The molecule has 0 amide bonds. The SMILES string of the molecule is CC1CCN(S(=O)(=O)c2cc(F)ccc2CO)CC1C. The van der Waals surface area contributed by atoms with E-state index in [2.05, 4.69) is 6.92 Å². The second kappa shape index (κ2) is 5.79. The van der Waals surface area contributed by atoms with Crippen molar-refractivity contribution in [1.82, 2.24) is 4.31 Å². The number of piperidine rings is 1. The number of sulfonamides is 1. The van der Waals surface area contributed by atoms with Gasteiger partial charge in [0.15, 0.2) is 0 Å². The molecule has 1 aliphatic heterocycles. The zero-order chi connectivity index (χ0) is 14.9. The number of benzene rings is 1. The molecule has 4 nitrogen and oxygen atoms in total. The van der Waals surface area contributed by atoms with Crippen molar-refractivity contribution in [3.8, 4) is 0 Å². The first-order valence-corrected chi connectivity index (χ1v) is 8.19. The Bertz CT molecular complexity index is 588. The highest BCUT2D eigenvalue weighted by atomic mass is 32.2. The van der Waals surface area contributed by atoms with Crippen molar-refractivity contribution >= 4 is 10.0 Å². The van der Waals surface area contributed by atoms with Crippen molar-refractivity contribution in [1.29, 1.82) is 0 Å². The third-order valence-corrected chi connectivity index (χ3v) is 6.06. The van der Waals surface area contributed by atoms with Gasteiger partial charge in [0, 0.05) is 13.1 Å². The van der Waals surface area contributed by atoms with Gasteiger partial charge >= 0.3 is 0 Å². The summed E-state index contributed by atoms with van der Waals surface area (Å²) in [7, 11) is -3.75. The summed E-state index contributed by atoms with van der Waals surface area (Å²) in [5.41, 5.74) is 0.234. The molecule has 1 N–H and O–H groups in total. The summed E-state index contributed by atoms with van der Waals surface area (Å²) < 4.78 is 40.0. The number of hydrogen-bond acceptors (Lipinski definition) is 3. The van der Waals surface area contributed by atoms with E-state index in [-0.39, 0.29) is 16.4 Å². The first-order chi connectivity index (χ1) is 9.36. The van der Waals surface area contributed by atoms with Gasteiger partial charge in [-0.1, -0.05) is 19.9 Å². The molecule has 0 saturated carbocycles. The number of nitrogens with zero attached hydrogens (tertiary/aromatic N) is 1. The highest BCUT2D eigenvalue weighted by Crippen LogP contribution is 2.29. The lowest BCUT2D eigenvalue weighted by Crippen LogP contribution is -2.42. The highest BCUT2D eigenvalue weighted by molar-refractivity contribution is 7.89. The normalized spacial score (nSPS) is 24.8. The molecular formula is C14H20FNO3S. The number of rotatable bonds is 3. The van der Waals surface area contributed by atoms with E-state index in [4.69, 9.17) is 0 Å². The van der Waals surface area contributed by atoms with E-state index in [1.54, 1.807) is 0 Å². The third-order valence-electron chi connectivity index (χ3n) is 4.11. The topological polar surface area (TPSA) is 57.6 Å². The zero-order valence-corrected chi connectivity index (χ0v) is 12.5. The van der Waals surface area contributed by atoms with E-state index in [1.807, 2.05) is 6.92 Å². The van der Waals surface area contributed by atoms with Gasteiger partial charge in [-0.25, -0.2) is 12.8 Å². The van der Waals surface area contributed by atoms with Crippen LogP contribution in [0.5, 0.6) is 0 Å². The molecule has 2 atom stereocenters. The Balaban J connectivity index is 2.38. The van der Waals surface area contributed by atoms with Crippen molar-refractivity contribution in [3.63, 3.8) is 0 Å². The molecule has 112 valence electrons. The summed E-state index contributed by atoms with van der Waals surface area (Å²) in [6, 6.07) is 3.47. The molecule has 20 heavy (non-hydrogen) atoms. The summed E-state index contributed by atoms with van der Waals surface area (Å²) in [4.78, 5) is -0.123. The van der Waals surface area contributed by atoms with Gasteiger partial charge in [-0.3, -0.25) is 0 Å². The maximum absolute atomic E-state index is 13.4. The summed E-state index contributed by atoms with van der Waals surface area (Å²) in [5, 5.41) is 9.26. The number of aliphatic hydroxyl groups is 1. The summed E-state index contributed by atoms with van der Waals surface area (Å²) >= 11 is 0. The van der Waals surface area contributed by atoms with E-state index >= 15 is 0 Å². The van der Waals surface area contributed by atoms with Gasteiger partial charge < -0.3 is 5.11 Å². The molecule has 0 aliphatic carbocycles. The standard InChI is InChI=1S/C14H20FNO3S/c1-10-5-6-16(8-11(10)2)20(18,19)14-7-13(15)4-3-12(14)9-17/h3-4,7,10-11,17H,5-6,8-9H2,1-2H3. The number of hydrogen-bond donors (Lipinski definition) is 1. The molecule has 1 heterocycles. The molecular weight excluding hydrogens is 281 g/mol. The molecule has 0 spiro atoms. The molecule has 2 unspecified atom stereocenters. The van der Waals surface area contributed by atoms with Crippen LogP contribution in [0, 0.1) is 17.7 Å². The lowest BCUT2D eigenvalue weighted by Gasteiger charge is -2.34. The van der Waals surface area contributed by atoms with Gasteiger partial charge in [0.1, 0.15) is 5.82 Å². The Hall–Kier alpha value is -0.980. The van der Waals surface area contributed by atoms with Crippen LogP contribution in [0.25, 0.3) is 0 Å². The van der Waals surface area contributed by atoms with Crippen molar-refractivity contribution in [2.75, 3.05) is 13.1 Å². The Morgan fingerprint density at radius 1 is 1.35 bits per heavy atom. The van der Waals surface area contributed by atoms with Gasteiger partial charge in [-0.2, -0.15) is 4.31 Å². The minimum absolute atomic E-state index is 0.123. The average Bonchev–Trinajstić information content (AvgIpc) is 2.41. The quantitative estimate of drug-likeness (QED) is 0.929. The van der Waals surface area contributed by atoms with E-state index in [1.165, 1.54) is 10.4 Å². The van der Waals surface area contributed by atoms with Crippen LogP contribution >= 0.6 is 0 Å². The first-order valence-electron chi connectivity index (χ1n) is 6.75. The molecule has 6 heteroatoms. The van der Waals surface area contributed by atoms with Crippen LogP contribution < -0.4 is 0 Å². The number of aliphatic hydroxyl groups excluding tert-OH is 1. The van der Waals surface area contributed by atoms with E-state index in [9.17, 15) is 17.9 Å². The lowest BCUT2D eigenvalue weighted by molar-refractivity contribution is 0.212. The smallest absolute Gasteiger partial charge is 0.243 e. The van der Waals surface area contributed by atoms with Crippen LogP contribution in [0.3, 0.4) is 0 Å². The van der Waals surface area contributed by atoms with E-state index in [0.29, 0.717) is 19.0 Å². The summed E-state index contributed by atoms with van der Waals surface area (Å²) in [5.74, 6) is 0.134. The predicted octanol–water partition coefficient (Wildman–Crippen LogP) is 1.98. The molecule has 1 saturated heterocycles. The fraction of sp³-hybridized carbons (Fsp3) is 0.571. The van der Waals surface area contributed by atoms with Gasteiger partial charge in [0.2, 0.25) is 10.0 Å². The maximum Gasteiger partial charge on any atom is 0.243 e. The van der Waals surface area contributed by atoms with Gasteiger partial charge in [-0.15, -0.1) is 0 Å². The second-order valence-electron chi connectivity index (χ2n) is 5.52. The Labute approximate surface area is 119 Å². The Kier molecular flexibility index (Phi) is 4.46. The molecule has 2 rings (SSSR count). The molecule has 0 radical (unpaired) electrons. The summed E-state index contributed by atoms with van der Waals surface area (Å²) in [6.07, 6.45) is 0.796. The van der Waals surface area contributed by atoms with Gasteiger partial charge in [0.05, 0.1) is 11.5 Å². The van der Waals surface area contributed by atoms with Crippen LogP contribution in [-0.2, 0) is 16.6 Å². The van der Waals surface area contributed by atoms with E-state index in [0.717, 1.165) is 18.6 Å². The molecule has 1 aromatic rings. The maximum atomic E-state index is 13.4.